The average molecular weight is 403 g/mol. The molecule has 0 unspecified atom stereocenters. The molecule has 0 aliphatic rings. The first kappa shape index (κ1) is 25.3. The van der Waals surface area contributed by atoms with E-state index in [1.807, 2.05) is 6.07 Å². The zero-order valence-corrected chi connectivity index (χ0v) is 19.2. The van der Waals surface area contributed by atoms with E-state index in [0.29, 0.717) is 12.4 Å². The molecule has 0 amide bonds. The molecule has 0 spiro atoms. The van der Waals surface area contributed by atoms with Crippen molar-refractivity contribution in [3.05, 3.63) is 41.2 Å². The van der Waals surface area contributed by atoms with Crippen LogP contribution < -0.4 is 0 Å². The standard InChI is InChI=1S/C26H42O3/c1-5-8-10-12-13-17-21-29-26(27)25(28-4)24(20-14-11-9-6-2)23-19-16-15-18-22(23)7-3/h15-16,18-19H,5-14,17,20-21H2,1-4H3. The Labute approximate surface area is 178 Å². The Balaban J connectivity index is 2.86. The quantitative estimate of drug-likeness (QED) is 0.124. The molecule has 0 saturated heterocycles. The highest BCUT2D eigenvalue weighted by Gasteiger charge is 2.20. The number of hydrogen-bond acceptors (Lipinski definition) is 3. The Morgan fingerprint density at radius 1 is 0.828 bits per heavy atom. The fourth-order valence-electron chi connectivity index (χ4n) is 3.66. The topological polar surface area (TPSA) is 35.5 Å². The lowest BCUT2D eigenvalue weighted by atomic mass is 9.93. The van der Waals surface area contributed by atoms with E-state index in [-0.39, 0.29) is 5.97 Å². The molecular formula is C26H42O3. The number of methoxy groups -OCH3 is 1. The Morgan fingerprint density at radius 2 is 1.45 bits per heavy atom. The first-order valence-electron chi connectivity index (χ1n) is 11.7. The largest absolute Gasteiger partial charge is 0.490 e. The fraction of sp³-hybridized carbons (Fsp3) is 0.654. The highest BCUT2D eigenvalue weighted by atomic mass is 16.6. The molecule has 1 rings (SSSR count). The third kappa shape index (κ3) is 9.51. The molecule has 0 aromatic heterocycles. The summed E-state index contributed by atoms with van der Waals surface area (Å²) < 4.78 is 11.2. The molecule has 0 bridgehead atoms. The lowest BCUT2D eigenvalue weighted by Gasteiger charge is -2.17. The van der Waals surface area contributed by atoms with Crippen molar-refractivity contribution in [2.45, 2.75) is 97.8 Å². The average Bonchev–Trinajstić information content (AvgIpc) is 2.75. The van der Waals surface area contributed by atoms with Gasteiger partial charge in [0.2, 0.25) is 5.76 Å². The second kappa shape index (κ2) is 16.1. The molecule has 1 aromatic rings. The minimum atomic E-state index is -0.322. The molecule has 0 aliphatic carbocycles. The van der Waals surface area contributed by atoms with E-state index in [1.54, 1.807) is 7.11 Å². The summed E-state index contributed by atoms with van der Waals surface area (Å²) in [4.78, 5) is 12.8. The van der Waals surface area contributed by atoms with Crippen LogP contribution in [0.4, 0.5) is 0 Å². The third-order valence-electron chi connectivity index (χ3n) is 5.40. The normalized spacial score (nSPS) is 11.9. The predicted molar refractivity (Wildman–Crippen MR) is 123 cm³/mol. The minimum Gasteiger partial charge on any atom is -0.490 e. The van der Waals surface area contributed by atoms with Crippen molar-refractivity contribution in [2.75, 3.05) is 13.7 Å². The van der Waals surface area contributed by atoms with Crippen molar-refractivity contribution in [3.8, 4) is 0 Å². The van der Waals surface area contributed by atoms with Crippen LogP contribution in [0.1, 0.15) is 103 Å². The van der Waals surface area contributed by atoms with E-state index in [2.05, 4.69) is 39.0 Å². The van der Waals surface area contributed by atoms with Gasteiger partial charge in [-0.3, -0.25) is 0 Å². The van der Waals surface area contributed by atoms with Gasteiger partial charge in [0.1, 0.15) is 0 Å². The molecule has 29 heavy (non-hydrogen) atoms. The van der Waals surface area contributed by atoms with Crippen molar-refractivity contribution in [1.29, 1.82) is 0 Å². The molecule has 1 aromatic carbocycles. The SMILES string of the molecule is CCCCCCCCOC(=O)C(OC)=C(CCCCCC)c1ccccc1CC. The summed E-state index contributed by atoms with van der Waals surface area (Å²) in [7, 11) is 1.59. The number of allylic oxidation sites excluding steroid dienone is 1. The number of hydrogen-bond donors (Lipinski definition) is 0. The van der Waals surface area contributed by atoms with Gasteiger partial charge in [0.05, 0.1) is 13.7 Å². The molecule has 0 atom stereocenters. The summed E-state index contributed by atoms with van der Waals surface area (Å²) in [6, 6.07) is 8.33. The van der Waals surface area contributed by atoms with Crippen LogP contribution in [0.3, 0.4) is 0 Å². The Hall–Kier alpha value is -1.77. The molecule has 164 valence electrons. The summed E-state index contributed by atoms with van der Waals surface area (Å²) in [5, 5.41) is 0. The summed E-state index contributed by atoms with van der Waals surface area (Å²) in [6.07, 6.45) is 13.4. The number of benzene rings is 1. The fourth-order valence-corrected chi connectivity index (χ4v) is 3.66. The molecule has 0 aliphatic heterocycles. The Morgan fingerprint density at radius 3 is 2.10 bits per heavy atom. The molecule has 0 saturated carbocycles. The molecule has 3 heteroatoms. The maximum absolute atomic E-state index is 12.8. The van der Waals surface area contributed by atoms with Crippen LogP contribution in [-0.2, 0) is 20.7 Å². The van der Waals surface area contributed by atoms with E-state index in [1.165, 1.54) is 44.1 Å². The highest BCUT2D eigenvalue weighted by Crippen LogP contribution is 2.29. The van der Waals surface area contributed by atoms with Crippen LogP contribution in [0.15, 0.2) is 30.0 Å². The number of aryl methyl sites for hydroxylation is 1. The van der Waals surface area contributed by atoms with Crippen molar-refractivity contribution in [2.24, 2.45) is 0 Å². The maximum atomic E-state index is 12.8. The van der Waals surface area contributed by atoms with Crippen LogP contribution >= 0.6 is 0 Å². The lowest BCUT2D eigenvalue weighted by molar-refractivity contribution is -0.142. The molecule has 0 N–H and O–H groups in total. The number of carbonyl (C=O) groups is 1. The summed E-state index contributed by atoms with van der Waals surface area (Å²) >= 11 is 0. The van der Waals surface area contributed by atoms with Crippen molar-refractivity contribution in [1.82, 2.24) is 0 Å². The first-order chi connectivity index (χ1) is 14.2. The lowest BCUT2D eigenvalue weighted by Crippen LogP contribution is -2.13. The van der Waals surface area contributed by atoms with Gasteiger partial charge in [-0.15, -0.1) is 0 Å². The van der Waals surface area contributed by atoms with Gasteiger partial charge in [0.25, 0.3) is 0 Å². The van der Waals surface area contributed by atoms with Crippen LogP contribution in [0.5, 0.6) is 0 Å². The molecule has 0 fully saturated rings. The van der Waals surface area contributed by atoms with E-state index in [9.17, 15) is 4.79 Å². The minimum absolute atomic E-state index is 0.322. The van der Waals surface area contributed by atoms with E-state index < -0.39 is 0 Å². The summed E-state index contributed by atoms with van der Waals surface area (Å²) in [5.41, 5.74) is 3.37. The second-order valence-corrected chi connectivity index (χ2v) is 7.74. The number of ether oxygens (including phenoxy) is 2. The van der Waals surface area contributed by atoms with Gasteiger partial charge in [0, 0.05) is 5.57 Å². The zero-order chi connectivity index (χ0) is 21.3. The monoisotopic (exact) mass is 402 g/mol. The van der Waals surface area contributed by atoms with Crippen LogP contribution in [0.2, 0.25) is 0 Å². The summed E-state index contributed by atoms with van der Waals surface area (Å²) in [6.45, 7) is 7.05. The van der Waals surface area contributed by atoms with Crippen LogP contribution in [0.25, 0.3) is 5.57 Å². The second-order valence-electron chi connectivity index (χ2n) is 7.74. The van der Waals surface area contributed by atoms with Gasteiger partial charge in [-0.05, 0) is 36.8 Å². The van der Waals surface area contributed by atoms with E-state index in [0.717, 1.165) is 49.7 Å². The number of rotatable bonds is 16. The van der Waals surface area contributed by atoms with Gasteiger partial charge < -0.3 is 9.47 Å². The summed E-state index contributed by atoms with van der Waals surface area (Å²) in [5.74, 6) is 0.0610. The molecular weight excluding hydrogens is 360 g/mol. The Kier molecular flexibility index (Phi) is 14.0. The van der Waals surface area contributed by atoms with Crippen molar-refractivity contribution < 1.29 is 14.3 Å². The van der Waals surface area contributed by atoms with E-state index in [4.69, 9.17) is 9.47 Å². The number of carbonyl (C=O) groups excluding carboxylic acids is 1. The van der Waals surface area contributed by atoms with Gasteiger partial charge in [-0.1, -0.05) is 96.4 Å². The molecule has 0 heterocycles. The smallest absolute Gasteiger partial charge is 0.373 e. The highest BCUT2D eigenvalue weighted by molar-refractivity contribution is 5.96. The zero-order valence-electron chi connectivity index (χ0n) is 19.2. The van der Waals surface area contributed by atoms with Crippen molar-refractivity contribution >= 4 is 11.5 Å². The van der Waals surface area contributed by atoms with Gasteiger partial charge in [-0.25, -0.2) is 4.79 Å². The van der Waals surface area contributed by atoms with Gasteiger partial charge in [-0.2, -0.15) is 0 Å². The first-order valence-corrected chi connectivity index (χ1v) is 11.7. The van der Waals surface area contributed by atoms with Gasteiger partial charge in [0.15, 0.2) is 0 Å². The van der Waals surface area contributed by atoms with Crippen LogP contribution in [0, 0.1) is 0 Å². The predicted octanol–water partition coefficient (Wildman–Crippen LogP) is 7.48. The number of unbranched alkanes of at least 4 members (excludes halogenated alkanes) is 8. The van der Waals surface area contributed by atoms with Gasteiger partial charge >= 0.3 is 5.97 Å². The van der Waals surface area contributed by atoms with Crippen molar-refractivity contribution in [3.63, 3.8) is 0 Å². The third-order valence-corrected chi connectivity index (χ3v) is 5.40. The number of esters is 1. The molecule has 0 radical (unpaired) electrons. The van der Waals surface area contributed by atoms with E-state index >= 15 is 0 Å². The maximum Gasteiger partial charge on any atom is 0.373 e. The molecule has 3 nitrogen and oxygen atoms in total. The van der Waals surface area contributed by atoms with Crippen LogP contribution in [-0.4, -0.2) is 19.7 Å². The Bertz CT molecular complexity index is 604.